The largest absolute Gasteiger partial charge is 0.445 e. The number of fused-ring (bicyclic) bond motifs is 1. The number of alkyl carbamates (subject to hydrolysis) is 1. The van der Waals surface area contributed by atoms with Crippen LogP contribution in [0.1, 0.15) is 36.1 Å². The van der Waals surface area contributed by atoms with Gasteiger partial charge in [0.25, 0.3) is 0 Å². The van der Waals surface area contributed by atoms with Crippen molar-refractivity contribution in [1.29, 1.82) is 0 Å². The van der Waals surface area contributed by atoms with Crippen LogP contribution >= 0.6 is 11.3 Å². The van der Waals surface area contributed by atoms with Crippen LogP contribution in [0.15, 0.2) is 66.7 Å². The number of rotatable bonds is 15. The summed E-state index contributed by atoms with van der Waals surface area (Å²) in [6, 6.07) is 20.8. The Labute approximate surface area is 275 Å². The minimum absolute atomic E-state index is 0.104. The van der Waals surface area contributed by atoms with Gasteiger partial charge >= 0.3 is 6.09 Å². The van der Waals surface area contributed by atoms with Crippen LogP contribution in [0.2, 0.25) is 0 Å². The molecular formula is C35H46N6O4S. The van der Waals surface area contributed by atoms with E-state index in [-0.39, 0.29) is 19.1 Å². The number of amides is 2. The maximum Gasteiger partial charge on any atom is 0.407 e. The molecule has 0 bridgehead atoms. The first-order valence-electron chi connectivity index (χ1n) is 15.5. The van der Waals surface area contributed by atoms with E-state index in [1.54, 1.807) is 6.07 Å². The topological polar surface area (TPSA) is 133 Å². The van der Waals surface area contributed by atoms with Gasteiger partial charge in [0.1, 0.15) is 6.61 Å². The van der Waals surface area contributed by atoms with Crippen molar-refractivity contribution in [2.24, 2.45) is 5.92 Å². The lowest BCUT2D eigenvalue weighted by atomic mass is 10.0. The fraction of sp³-hybridized carbons (Fsp3) is 0.400. The van der Waals surface area contributed by atoms with Crippen molar-refractivity contribution < 1.29 is 19.4 Å². The number of aliphatic hydroxyl groups is 1. The number of hydrogen-bond acceptors (Lipinski definition) is 9. The van der Waals surface area contributed by atoms with E-state index in [0.29, 0.717) is 36.2 Å². The maximum absolute atomic E-state index is 13.0. The summed E-state index contributed by atoms with van der Waals surface area (Å²) in [6.45, 7) is 8.30. The van der Waals surface area contributed by atoms with Gasteiger partial charge in [-0.25, -0.2) is 9.78 Å². The summed E-state index contributed by atoms with van der Waals surface area (Å²) >= 11 is 1.44. The highest BCUT2D eigenvalue weighted by Gasteiger charge is 2.25. The van der Waals surface area contributed by atoms with Crippen LogP contribution in [0.25, 0.3) is 10.2 Å². The monoisotopic (exact) mass is 646 g/mol. The van der Waals surface area contributed by atoms with Crippen molar-refractivity contribution in [2.45, 2.75) is 52.5 Å². The number of thiazole rings is 1. The lowest BCUT2D eigenvalue weighted by Crippen LogP contribution is -2.50. The maximum atomic E-state index is 13.0. The van der Waals surface area contributed by atoms with Gasteiger partial charge in [-0.3, -0.25) is 9.69 Å². The number of nitrogen functional groups attached to an aromatic ring is 1. The fourth-order valence-corrected chi connectivity index (χ4v) is 6.25. The average molecular weight is 647 g/mol. The van der Waals surface area contributed by atoms with Gasteiger partial charge in [-0.05, 0) is 79.9 Å². The highest BCUT2D eigenvalue weighted by molar-refractivity contribution is 7.22. The summed E-state index contributed by atoms with van der Waals surface area (Å²) in [4.78, 5) is 33.8. The predicted octanol–water partition coefficient (Wildman–Crippen LogP) is 5.04. The Morgan fingerprint density at radius 3 is 2.48 bits per heavy atom. The van der Waals surface area contributed by atoms with Crippen LogP contribution in [0.3, 0.4) is 0 Å². The Hall–Kier alpha value is -4.03. The lowest BCUT2D eigenvalue weighted by molar-refractivity contribution is -0.116. The molecule has 46 heavy (non-hydrogen) atoms. The van der Waals surface area contributed by atoms with Gasteiger partial charge in [-0.2, -0.15) is 0 Å². The zero-order chi connectivity index (χ0) is 33.2. The van der Waals surface area contributed by atoms with E-state index in [2.05, 4.69) is 40.4 Å². The Bertz CT molecular complexity index is 1590. The fourth-order valence-electron chi connectivity index (χ4n) is 5.31. The minimum Gasteiger partial charge on any atom is -0.445 e. The number of benzene rings is 3. The summed E-state index contributed by atoms with van der Waals surface area (Å²) in [5.74, 6) is 0.246. The molecule has 4 rings (SSSR count). The summed E-state index contributed by atoms with van der Waals surface area (Å²) in [5.41, 5.74) is 11.2. The van der Waals surface area contributed by atoms with Crippen LogP contribution in [0, 0.1) is 12.8 Å². The van der Waals surface area contributed by atoms with Gasteiger partial charge in [0.05, 0.1) is 28.9 Å². The normalized spacial score (nSPS) is 12.9. The Balaban J connectivity index is 1.45. The number of aryl methyl sites for hydroxylation is 1. The van der Waals surface area contributed by atoms with Crippen LogP contribution in [-0.2, 0) is 29.1 Å². The average Bonchev–Trinajstić information content (AvgIpc) is 3.37. The number of likely N-dealkylation sites (N-methyl/N-ethyl adjacent to an activating group) is 1. The molecule has 10 nitrogen and oxygen atoms in total. The highest BCUT2D eigenvalue weighted by Crippen LogP contribution is 2.27. The number of aromatic nitrogens is 1. The molecule has 0 aliphatic rings. The van der Waals surface area contributed by atoms with E-state index >= 15 is 0 Å². The van der Waals surface area contributed by atoms with Crippen molar-refractivity contribution in [2.75, 3.05) is 44.8 Å². The molecule has 3 aromatic carbocycles. The van der Waals surface area contributed by atoms with Crippen molar-refractivity contribution in [3.8, 4) is 0 Å². The van der Waals surface area contributed by atoms with E-state index in [4.69, 9.17) is 10.5 Å². The molecule has 0 radical (unpaired) electrons. The molecule has 0 saturated carbocycles. The Kier molecular flexibility index (Phi) is 12.5. The molecule has 0 fully saturated rings. The molecule has 0 saturated heterocycles. The van der Waals surface area contributed by atoms with Gasteiger partial charge < -0.3 is 31.1 Å². The molecule has 246 valence electrons. The zero-order valence-corrected chi connectivity index (χ0v) is 28.1. The first-order valence-corrected chi connectivity index (χ1v) is 16.3. The smallest absolute Gasteiger partial charge is 0.407 e. The van der Waals surface area contributed by atoms with E-state index in [0.717, 1.165) is 39.0 Å². The summed E-state index contributed by atoms with van der Waals surface area (Å²) in [5, 5.41) is 18.0. The zero-order valence-electron chi connectivity index (χ0n) is 27.3. The third kappa shape index (κ3) is 10.8. The number of nitrogens with zero attached hydrogens (tertiary/aromatic N) is 3. The molecule has 2 unspecified atom stereocenters. The molecule has 5 N–H and O–H groups in total. The van der Waals surface area contributed by atoms with Crippen LogP contribution < -0.4 is 16.4 Å². The standard InChI is InChI=1S/C35H46N6O4S/c1-23(2)18-41(19-26-11-14-29-32(17-26)46-34(37-29)39-33(43)21-40(4)5)20-31(42)30(16-25-9-7-6-8-10-25)38-35(44)45-22-27-12-13-28(36)15-24(27)3/h6-15,17,23,30-31,42H,16,18-22,36H2,1-5H3,(H,38,44)(H,37,39,43). The number of nitrogens with two attached hydrogens (primary N) is 1. The summed E-state index contributed by atoms with van der Waals surface area (Å²) < 4.78 is 6.55. The van der Waals surface area contributed by atoms with Crippen LogP contribution in [0.4, 0.5) is 15.6 Å². The highest BCUT2D eigenvalue weighted by atomic mass is 32.1. The van der Waals surface area contributed by atoms with Gasteiger partial charge in [0, 0.05) is 25.3 Å². The number of ether oxygens (including phenoxy) is 1. The molecule has 1 aromatic heterocycles. The van der Waals surface area contributed by atoms with E-state index in [1.807, 2.05) is 80.5 Å². The van der Waals surface area contributed by atoms with Gasteiger partial charge in [-0.1, -0.05) is 67.6 Å². The molecule has 1 heterocycles. The summed E-state index contributed by atoms with van der Waals surface area (Å²) in [7, 11) is 3.69. The van der Waals surface area contributed by atoms with Crippen molar-refractivity contribution in [3.63, 3.8) is 0 Å². The molecular weight excluding hydrogens is 600 g/mol. The number of aliphatic hydroxyl groups excluding tert-OH is 1. The molecule has 0 spiro atoms. The number of carbonyl (C=O) groups excluding carboxylic acids is 2. The molecule has 2 amide bonds. The summed E-state index contributed by atoms with van der Waals surface area (Å²) in [6.07, 6.45) is -1.01. The SMILES string of the molecule is Cc1cc(N)ccc1COC(=O)NC(Cc1ccccc1)C(O)CN(Cc1ccc2nc(NC(=O)CN(C)C)sc2c1)CC(C)C. The van der Waals surface area contributed by atoms with E-state index in [9.17, 15) is 14.7 Å². The van der Waals surface area contributed by atoms with Crippen LogP contribution in [0.5, 0.6) is 0 Å². The molecule has 0 aliphatic carbocycles. The second-order valence-electron chi connectivity index (χ2n) is 12.5. The second-order valence-corrected chi connectivity index (χ2v) is 13.5. The first kappa shape index (κ1) is 34.8. The molecule has 2 atom stereocenters. The number of nitrogens with one attached hydrogen (secondary N) is 2. The first-order chi connectivity index (χ1) is 21.9. The van der Waals surface area contributed by atoms with E-state index < -0.39 is 18.2 Å². The van der Waals surface area contributed by atoms with E-state index in [1.165, 1.54) is 11.3 Å². The van der Waals surface area contributed by atoms with Gasteiger partial charge in [0.15, 0.2) is 5.13 Å². The van der Waals surface area contributed by atoms with Crippen molar-refractivity contribution in [3.05, 3.63) is 89.0 Å². The number of carbonyl (C=O) groups is 2. The second kappa shape index (κ2) is 16.5. The van der Waals surface area contributed by atoms with Crippen molar-refractivity contribution >= 4 is 44.4 Å². The Morgan fingerprint density at radius 2 is 1.78 bits per heavy atom. The number of anilines is 2. The van der Waals surface area contributed by atoms with Gasteiger partial charge in [0.2, 0.25) is 5.91 Å². The van der Waals surface area contributed by atoms with Crippen molar-refractivity contribution in [1.82, 2.24) is 20.1 Å². The lowest BCUT2D eigenvalue weighted by Gasteiger charge is -2.31. The third-order valence-corrected chi connectivity index (χ3v) is 8.36. The van der Waals surface area contributed by atoms with Crippen LogP contribution in [-0.4, -0.2) is 77.8 Å². The quantitative estimate of drug-likeness (QED) is 0.132. The molecule has 11 heteroatoms. The minimum atomic E-state index is -0.865. The predicted molar refractivity (Wildman–Crippen MR) is 186 cm³/mol. The number of hydrogen-bond donors (Lipinski definition) is 4. The molecule has 4 aromatic rings. The third-order valence-electron chi connectivity index (χ3n) is 7.43. The van der Waals surface area contributed by atoms with Gasteiger partial charge in [-0.15, -0.1) is 0 Å². The Morgan fingerprint density at radius 1 is 1.02 bits per heavy atom. The molecule has 0 aliphatic heterocycles.